The molecule has 1 aliphatic heterocycles. The Morgan fingerprint density at radius 3 is 2.73 bits per heavy atom. The minimum atomic E-state index is 0.200. The summed E-state index contributed by atoms with van der Waals surface area (Å²) in [5.41, 5.74) is 2.74. The molecule has 1 aromatic heterocycles. The molecule has 0 saturated carbocycles. The standard InChI is InChI=1S/C17H21N3O2/c1-12-10-13(2)19-17(18-12)20-15-7-3-4-8-16(15)22-11-14-6-5-9-21-14/h3-4,7-8,10,14H,5-6,9,11H2,1-2H3,(H,18,19,20). The number of aromatic nitrogens is 2. The molecule has 3 rings (SSSR count). The predicted molar refractivity (Wildman–Crippen MR) is 85.7 cm³/mol. The maximum Gasteiger partial charge on any atom is 0.227 e. The van der Waals surface area contributed by atoms with E-state index in [4.69, 9.17) is 9.47 Å². The highest BCUT2D eigenvalue weighted by molar-refractivity contribution is 5.62. The van der Waals surface area contributed by atoms with E-state index < -0.39 is 0 Å². The summed E-state index contributed by atoms with van der Waals surface area (Å²) < 4.78 is 11.5. The van der Waals surface area contributed by atoms with E-state index in [1.807, 2.05) is 44.2 Å². The number of hydrogen-bond acceptors (Lipinski definition) is 5. The van der Waals surface area contributed by atoms with Crippen LogP contribution in [0.25, 0.3) is 0 Å². The van der Waals surface area contributed by atoms with Crippen LogP contribution in [0.3, 0.4) is 0 Å². The molecule has 1 atom stereocenters. The summed E-state index contributed by atoms with van der Waals surface area (Å²) in [7, 11) is 0. The third kappa shape index (κ3) is 3.74. The lowest BCUT2D eigenvalue weighted by atomic mass is 10.2. The first kappa shape index (κ1) is 14.8. The van der Waals surface area contributed by atoms with E-state index in [9.17, 15) is 0 Å². The van der Waals surface area contributed by atoms with Crippen LogP contribution < -0.4 is 10.1 Å². The second-order valence-corrected chi connectivity index (χ2v) is 5.54. The molecule has 1 saturated heterocycles. The van der Waals surface area contributed by atoms with Crippen LogP contribution in [0.5, 0.6) is 5.75 Å². The SMILES string of the molecule is Cc1cc(C)nc(Nc2ccccc2OCC2CCCO2)n1. The molecule has 116 valence electrons. The topological polar surface area (TPSA) is 56.3 Å². The summed E-state index contributed by atoms with van der Waals surface area (Å²) in [5.74, 6) is 1.38. The van der Waals surface area contributed by atoms with Crippen LogP contribution in [0.1, 0.15) is 24.2 Å². The van der Waals surface area contributed by atoms with Gasteiger partial charge in [-0.2, -0.15) is 0 Å². The van der Waals surface area contributed by atoms with Crippen LogP contribution in [0.4, 0.5) is 11.6 Å². The Labute approximate surface area is 130 Å². The van der Waals surface area contributed by atoms with Gasteiger partial charge in [0.15, 0.2) is 0 Å². The summed E-state index contributed by atoms with van der Waals surface area (Å²) in [6.07, 6.45) is 2.38. The molecule has 1 N–H and O–H groups in total. The molecule has 2 aromatic rings. The lowest BCUT2D eigenvalue weighted by Crippen LogP contribution is -2.16. The molecule has 5 heteroatoms. The van der Waals surface area contributed by atoms with Gasteiger partial charge in [0.05, 0.1) is 11.8 Å². The zero-order valence-electron chi connectivity index (χ0n) is 13.0. The van der Waals surface area contributed by atoms with Crippen LogP contribution in [-0.4, -0.2) is 29.3 Å². The van der Waals surface area contributed by atoms with Crippen molar-refractivity contribution in [3.8, 4) is 5.75 Å². The normalized spacial score (nSPS) is 17.5. The first-order valence-corrected chi connectivity index (χ1v) is 7.63. The van der Waals surface area contributed by atoms with Crippen LogP contribution in [-0.2, 0) is 4.74 Å². The molecule has 1 aliphatic rings. The van der Waals surface area contributed by atoms with Crippen molar-refractivity contribution < 1.29 is 9.47 Å². The van der Waals surface area contributed by atoms with Crippen molar-refractivity contribution in [2.45, 2.75) is 32.8 Å². The monoisotopic (exact) mass is 299 g/mol. The molecule has 0 spiro atoms. The van der Waals surface area contributed by atoms with Gasteiger partial charge in [0.1, 0.15) is 12.4 Å². The van der Waals surface area contributed by atoms with Gasteiger partial charge in [-0.25, -0.2) is 9.97 Å². The number of aryl methyl sites for hydroxylation is 2. The van der Waals surface area contributed by atoms with E-state index in [2.05, 4.69) is 15.3 Å². The lowest BCUT2D eigenvalue weighted by molar-refractivity contribution is 0.0682. The van der Waals surface area contributed by atoms with Gasteiger partial charge in [-0.05, 0) is 44.9 Å². The smallest absolute Gasteiger partial charge is 0.227 e. The summed E-state index contributed by atoms with van der Waals surface area (Å²) in [6, 6.07) is 9.78. The molecule has 2 heterocycles. The van der Waals surface area contributed by atoms with E-state index in [1.54, 1.807) is 0 Å². The van der Waals surface area contributed by atoms with Gasteiger partial charge in [-0.3, -0.25) is 0 Å². The number of ether oxygens (including phenoxy) is 2. The fourth-order valence-corrected chi connectivity index (χ4v) is 2.56. The summed E-state index contributed by atoms with van der Waals surface area (Å²) in [5, 5.41) is 3.24. The van der Waals surface area contributed by atoms with Crippen molar-refractivity contribution in [1.82, 2.24) is 9.97 Å². The van der Waals surface area contributed by atoms with E-state index in [0.717, 1.165) is 42.3 Å². The molecule has 22 heavy (non-hydrogen) atoms. The first-order valence-electron chi connectivity index (χ1n) is 7.63. The number of rotatable bonds is 5. The Morgan fingerprint density at radius 2 is 2.00 bits per heavy atom. The number of para-hydroxylation sites is 2. The maximum absolute atomic E-state index is 5.91. The summed E-state index contributed by atoms with van der Waals surface area (Å²) in [4.78, 5) is 8.81. The highest BCUT2D eigenvalue weighted by Crippen LogP contribution is 2.27. The van der Waals surface area contributed by atoms with Crippen LogP contribution in [0.2, 0.25) is 0 Å². The minimum Gasteiger partial charge on any atom is -0.489 e. The van der Waals surface area contributed by atoms with Crippen LogP contribution >= 0.6 is 0 Å². The molecule has 1 fully saturated rings. The van der Waals surface area contributed by atoms with E-state index in [-0.39, 0.29) is 6.10 Å². The quantitative estimate of drug-likeness (QED) is 0.917. The minimum absolute atomic E-state index is 0.200. The molecule has 0 amide bonds. The Kier molecular flexibility index (Phi) is 4.53. The maximum atomic E-state index is 5.91. The average Bonchev–Trinajstić information content (AvgIpc) is 2.98. The van der Waals surface area contributed by atoms with Crippen LogP contribution in [0, 0.1) is 13.8 Å². The summed E-state index contributed by atoms with van der Waals surface area (Å²) in [6.45, 7) is 5.33. The fraction of sp³-hybridized carbons (Fsp3) is 0.412. The van der Waals surface area contributed by atoms with Crippen molar-refractivity contribution >= 4 is 11.6 Å². The molecule has 0 aliphatic carbocycles. The average molecular weight is 299 g/mol. The van der Waals surface area contributed by atoms with Crippen molar-refractivity contribution in [1.29, 1.82) is 0 Å². The van der Waals surface area contributed by atoms with Crippen molar-refractivity contribution in [2.24, 2.45) is 0 Å². The number of nitrogens with zero attached hydrogens (tertiary/aromatic N) is 2. The summed E-state index contributed by atoms with van der Waals surface area (Å²) >= 11 is 0. The first-order chi connectivity index (χ1) is 10.7. The molecule has 5 nitrogen and oxygen atoms in total. The Bertz CT molecular complexity index is 619. The third-order valence-corrected chi connectivity index (χ3v) is 3.56. The Hall–Kier alpha value is -2.14. The van der Waals surface area contributed by atoms with Gasteiger partial charge in [-0.1, -0.05) is 12.1 Å². The van der Waals surface area contributed by atoms with Crippen LogP contribution in [0.15, 0.2) is 30.3 Å². The van der Waals surface area contributed by atoms with Gasteiger partial charge in [0, 0.05) is 18.0 Å². The molecular weight excluding hydrogens is 278 g/mol. The highest BCUT2D eigenvalue weighted by atomic mass is 16.5. The lowest BCUT2D eigenvalue weighted by Gasteiger charge is -2.15. The number of anilines is 2. The van der Waals surface area contributed by atoms with Crippen molar-refractivity contribution in [3.63, 3.8) is 0 Å². The zero-order valence-corrected chi connectivity index (χ0v) is 13.0. The van der Waals surface area contributed by atoms with Crippen molar-refractivity contribution in [2.75, 3.05) is 18.5 Å². The molecule has 0 bridgehead atoms. The Balaban J connectivity index is 1.72. The number of hydrogen-bond donors (Lipinski definition) is 1. The second kappa shape index (κ2) is 6.75. The van der Waals surface area contributed by atoms with Gasteiger partial charge in [0.2, 0.25) is 5.95 Å². The van der Waals surface area contributed by atoms with E-state index in [1.165, 1.54) is 0 Å². The van der Waals surface area contributed by atoms with E-state index in [0.29, 0.717) is 12.6 Å². The van der Waals surface area contributed by atoms with Gasteiger partial charge in [-0.15, -0.1) is 0 Å². The van der Waals surface area contributed by atoms with Crippen molar-refractivity contribution in [3.05, 3.63) is 41.7 Å². The number of nitrogens with one attached hydrogen (secondary N) is 1. The largest absolute Gasteiger partial charge is 0.489 e. The second-order valence-electron chi connectivity index (χ2n) is 5.54. The van der Waals surface area contributed by atoms with Gasteiger partial charge in [0.25, 0.3) is 0 Å². The van der Waals surface area contributed by atoms with Gasteiger partial charge >= 0.3 is 0 Å². The molecule has 0 radical (unpaired) electrons. The molecule has 1 aromatic carbocycles. The van der Waals surface area contributed by atoms with E-state index >= 15 is 0 Å². The predicted octanol–water partition coefficient (Wildman–Crippen LogP) is 3.39. The fourth-order valence-electron chi connectivity index (χ4n) is 2.56. The molecule has 1 unspecified atom stereocenters. The Morgan fingerprint density at radius 1 is 1.23 bits per heavy atom. The third-order valence-electron chi connectivity index (χ3n) is 3.56. The molecular formula is C17H21N3O2. The zero-order chi connectivity index (χ0) is 15.4. The highest BCUT2D eigenvalue weighted by Gasteiger charge is 2.16. The number of benzene rings is 1. The van der Waals surface area contributed by atoms with Gasteiger partial charge < -0.3 is 14.8 Å².